The Morgan fingerprint density at radius 1 is 1.12 bits per heavy atom. The SMILES string of the molecule is CNC.C[CH2][AlH][CH2]C. The van der Waals surface area contributed by atoms with Gasteiger partial charge in [0.25, 0.3) is 0 Å². The summed E-state index contributed by atoms with van der Waals surface area (Å²) in [5, 5.41) is 5.72. The second kappa shape index (κ2) is 15.6. The van der Waals surface area contributed by atoms with Crippen LogP contribution in [0.4, 0.5) is 0 Å². The third-order valence-electron chi connectivity index (χ3n) is 0.707. The van der Waals surface area contributed by atoms with Gasteiger partial charge in [0.15, 0.2) is 0 Å². The van der Waals surface area contributed by atoms with Crippen molar-refractivity contribution in [3.63, 3.8) is 0 Å². The molecule has 8 heavy (non-hydrogen) atoms. The van der Waals surface area contributed by atoms with E-state index in [1.807, 2.05) is 14.1 Å². The van der Waals surface area contributed by atoms with Crippen molar-refractivity contribution in [1.29, 1.82) is 0 Å². The van der Waals surface area contributed by atoms with Crippen LogP contribution in [-0.4, -0.2) is 29.3 Å². The maximum atomic E-state index is 2.75. The average Bonchev–Trinajstić information content (AvgIpc) is 1.71. The first kappa shape index (κ1) is 11.3. The Morgan fingerprint density at radius 3 is 1.38 bits per heavy atom. The minimum atomic E-state index is 0.432. The van der Waals surface area contributed by atoms with E-state index in [0.717, 1.165) is 0 Å². The van der Waals surface area contributed by atoms with Crippen LogP contribution < -0.4 is 5.32 Å². The smallest absolute Gasteiger partial charge is 0.236 e. The molecule has 0 fully saturated rings. The molecule has 0 heterocycles. The van der Waals surface area contributed by atoms with Gasteiger partial charge in [-0.3, -0.25) is 0 Å². The number of hydrogen-bond acceptors (Lipinski definition) is 1. The van der Waals surface area contributed by atoms with Gasteiger partial charge in [0.1, 0.15) is 0 Å². The molecule has 0 spiro atoms. The summed E-state index contributed by atoms with van der Waals surface area (Å²) >= 11 is 0.432. The molecule has 0 unspecified atom stereocenters. The van der Waals surface area contributed by atoms with Crippen LogP contribution in [0.3, 0.4) is 0 Å². The van der Waals surface area contributed by atoms with E-state index in [1.54, 1.807) is 0 Å². The largest absolute Gasteiger partial charge is 0.323 e. The van der Waals surface area contributed by atoms with Gasteiger partial charge in [-0.05, 0) is 14.1 Å². The monoisotopic (exact) mass is 131 g/mol. The zero-order valence-electron chi connectivity index (χ0n) is 6.62. The van der Waals surface area contributed by atoms with Crippen molar-refractivity contribution >= 4 is 15.2 Å². The zero-order chi connectivity index (χ0) is 6.83. The molecule has 1 N–H and O–H groups in total. The third-order valence-corrected chi connectivity index (χ3v) is 2.12. The minimum absolute atomic E-state index is 0.432. The highest BCUT2D eigenvalue weighted by Gasteiger charge is 1.76. The Balaban J connectivity index is 0. The molecule has 50 valence electrons. The van der Waals surface area contributed by atoms with Gasteiger partial charge in [-0.25, -0.2) is 0 Å². The van der Waals surface area contributed by atoms with Crippen molar-refractivity contribution in [2.24, 2.45) is 0 Å². The lowest BCUT2D eigenvalue weighted by Crippen LogP contribution is -1.89. The van der Waals surface area contributed by atoms with E-state index in [0.29, 0.717) is 15.2 Å². The number of rotatable bonds is 2. The minimum Gasteiger partial charge on any atom is -0.323 e. The summed E-state index contributed by atoms with van der Waals surface area (Å²) in [4.78, 5) is 0. The average molecular weight is 131 g/mol. The highest BCUT2D eigenvalue weighted by atomic mass is 27.1. The third kappa shape index (κ3) is 31.5. The summed E-state index contributed by atoms with van der Waals surface area (Å²) < 4.78 is 0. The molecule has 0 saturated carbocycles. The van der Waals surface area contributed by atoms with Crippen LogP contribution >= 0.6 is 0 Å². The van der Waals surface area contributed by atoms with Crippen molar-refractivity contribution < 1.29 is 0 Å². The quantitative estimate of drug-likeness (QED) is 0.554. The maximum absolute atomic E-state index is 2.75. The van der Waals surface area contributed by atoms with E-state index in [2.05, 4.69) is 19.2 Å². The van der Waals surface area contributed by atoms with Crippen LogP contribution in [0.5, 0.6) is 0 Å². The van der Waals surface area contributed by atoms with Crippen LogP contribution in [0, 0.1) is 0 Å². The zero-order valence-corrected chi connectivity index (χ0v) is 8.04. The fourth-order valence-electron chi connectivity index (χ4n) is 0.354. The molecule has 0 radical (unpaired) electrons. The molecule has 2 heteroatoms. The van der Waals surface area contributed by atoms with E-state index in [1.165, 1.54) is 10.6 Å². The van der Waals surface area contributed by atoms with E-state index >= 15 is 0 Å². The molecular formula is C6H18AlN. The van der Waals surface area contributed by atoms with Gasteiger partial charge in [-0.15, -0.1) is 10.6 Å². The first-order valence-corrected chi connectivity index (χ1v) is 5.41. The van der Waals surface area contributed by atoms with Gasteiger partial charge in [0, 0.05) is 0 Å². The predicted molar refractivity (Wildman–Crippen MR) is 43.1 cm³/mol. The molecule has 0 aliphatic rings. The van der Waals surface area contributed by atoms with Crippen molar-refractivity contribution in [2.75, 3.05) is 14.1 Å². The van der Waals surface area contributed by atoms with Gasteiger partial charge in [0.05, 0.1) is 0 Å². The molecule has 0 aliphatic carbocycles. The summed E-state index contributed by atoms with van der Waals surface area (Å²) in [6.07, 6.45) is 0. The van der Waals surface area contributed by atoms with Crippen molar-refractivity contribution in [3.8, 4) is 0 Å². The van der Waals surface area contributed by atoms with Crippen LogP contribution in [0.25, 0.3) is 0 Å². The van der Waals surface area contributed by atoms with Crippen LogP contribution in [0.1, 0.15) is 13.8 Å². The molecule has 0 aromatic carbocycles. The standard InChI is InChI=1S/C2H7N.2C2H5.Al.H/c1-3-2;2*1-2;;/h3H,1-2H3;2*1H2,2H3;;. The van der Waals surface area contributed by atoms with Crippen LogP contribution in [0.2, 0.25) is 10.6 Å². The van der Waals surface area contributed by atoms with Gasteiger partial charge >= 0.3 is 0 Å². The highest BCUT2D eigenvalue weighted by Crippen LogP contribution is 1.77. The summed E-state index contributed by atoms with van der Waals surface area (Å²) in [7, 11) is 3.75. The topological polar surface area (TPSA) is 12.0 Å². The summed E-state index contributed by atoms with van der Waals surface area (Å²) in [5.74, 6) is 0. The van der Waals surface area contributed by atoms with Gasteiger partial charge in [-0.1, -0.05) is 13.8 Å². The molecule has 0 rings (SSSR count). The molecule has 0 saturated heterocycles. The van der Waals surface area contributed by atoms with Crippen molar-refractivity contribution in [2.45, 2.75) is 24.4 Å². The highest BCUT2D eigenvalue weighted by molar-refractivity contribution is 6.34. The Morgan fingerprint density at radius 2 is 1.38 bits per heavy atom. The van der Waals surface area contributed by atoms with Crippen LogP contribution in [0.15, 0.2) is 0 Å². The van der Waals surface area contributed by atoms with Crippen LogP contribution in [-0.2, 0) is 0 Å². The molecule has 0 amide bonds. The maximum Gasteiger partial charge on any atom is 0.236 e. The lowest BCUT2D eigenvalue weighted by molar-refractivity contribution is 1.02. The predicted octanol–water partition coefficient (Wildman–Crippen LogP) is 1.13. The summed E-state index contributed by atoms with van der Waals surface area (Å²) in [6.45, 7) is 4.55. The Kier molecular flexibility index (Phi) is 22.1. The summed E-state index contributed by atoms with van der Waals surface area (Å²) in [6, 6.07) is 0. The Bertz CT molecular complexity index is 22.5. The lowest BCUT2D eigenvalue weighted by Gasteiger charge is -1.73. The van der Waals surface area contributed by atoms with Crippen molar-refractivity contribution in [1.82, 2.24) is 5.32 Å². The second-order valence-electron chi connectivity index (χ2n) is 1.85. The molecule has 0 aromatic heterocycles. The van der Waals surface area contributed by atoms with Crippen molar-refractivity contribution in [3.05, 3.63) is 0 Å². The van der Waals surface area contributed by atoms with E-state index < -0.39 is 0 Å². The Hall–Kier alpha value is 0.492. The first-order valence-electron chi connectivity index (χ1n) is 3.41. The Labute approximate surface area is 59.6 Å². The van der Waals surface area contributed by atoms with Gasteiger partial charge in [-0.2, -0.15) is 0 Å². The molecule has 1 nitrogen and oxygen atoms in total. The van der Waals surface area contributed by atoms with E-state index in [4.69, 9.17) is 0 Å². The molecule has 0 bridgehead atoms. The fourth-order valence-corrected chi connectivity index (χ4v) is 1.06. The summed E-state index contributed by atoms with van der Waals surface area (Å²) in [5.41, 5.74) is 0. The normalized spacial score (nSPS) is 7.00. The molecule has 0 atom stereocenters. The number of nitrogens with one attached hydrogen (secondary N) is 1. The second-order valence-corrected chi connectivity index (χ2v) is 4.56. The lowest BCUT2D eigenvalue weighted by atomic mass is 10.9. The number of hydrogen-bond donors (Lipinski definition) is 1. The van der Waals surface area contributed by atoms with E-state index in [9.17, 15) is 0 Å². The first-order chi connectivity index (χ1) is 3.83. The molecular weight excluding hydrogens is 113 g/mol. The molecule has 0 aromatic rings. The molecule has 0 aliphatic heterocycles. The van der Waals surface area contributed by atoms with Gasteiger partial charge in [0.2, 0.25) is 15.2 Å². The fraction of sp³-hybridized carbons (Fsp3) is 1.00. The van der Waals surface area contributed by atoms with Gasteiger partial charge < -0.3 is 5.32 Å². The van der Waals surface area contributed by atoms with E-state index in [-0.39, 0.29) is 0 Å².